The minimum absolute atomic E-state index is 0.575. The molecule has 20 heavy (non-hydrogen) atoms. The number of methoxy groups -OCH3 is 1. The van der Waals surface area contributed by atoms with Gasteiger partial charge in [0.2, 0.25) is 5.82 Å². The van der Waals surface area contributed by atoms with Crippen molar-refractivity contribution in [3.63, 3.8) is 0 Å². The third-order valence-corrected chi connectivity index (χ3v) is 3.45. The van der Waals surface area contributed by atoms with E-state index in [9.17, 15) is 0 Å². The van der Waals surface area contributed by atoms with Crippen molar-refractivity contribution in [1.29, 1.82) is 0 Å². The van der Waals surface area contributed by atoms with Gasteiger partial charge in [-0.2, -0.15) is 4.80 Å². The molecule has 0 atom stereocenters. The summed E-state index contributed by atoms with van der Waals surface area (Å²) in [4.78, 5) is 1.60. The number of rotatable bonds is 6. The zero-order chi connectivity index (χ0) is 14.5. The lowest BCUT2D eigenvalue weighted by atomic mass is 10.2. The maximum atomic E-state index is 5.61. The first-order chi connectivity index (χ1) is 9.69. The van der Waals surface area contributed by atoms with Crippen molar-refractivity contribution < 1.29 is 9.47 Å². The lowest BCUT2D eigenvalue weighted by Crippen LogP contribution is -2.01. The predicted octanol–water partition coefficient (Wildman–Crippen LogP) is 2.76. The fourth-order valence-electron chi connectivity index (χ4n) is 1.81. The van der Waals surface area contributed by atoms with Crippen LogP contribution in [0.5, 0.6) is 11.5 Å². The van der Waals surface area contributed by atoms with Crippen LogP contribution in [0, 0.1) is 3.57 Å². The fourth-order valence-corrected chi connectivity index (χ4v) is 2.63. The smallest absolute Gasteiger partial charge is 0.205 e. The fraction of sp³-hybridized carbons (Fsp3) is 0.462. The van der Waals surface area contributed by atoms with E-state index >= 15 is 0 Å². The number of nitrogens with zero attached hydrogens (tertiary/aromatic N) is 4. The average molecular weight is 388 g/mol. The summed E-state index contributed by atoms with van der Waals surface area (Å²) < 4.78 is 11.9. The molecule has 2 rings (SSSR count). The molecule has 0 spiro atoms. The van der Waals surface area contributed by atoms with Crippen LogP contribution in [0.4, 0.5) is 0 Å². The lowest BCUT2D eigenvalue weighted by Gasteiger charge is -2.12. The monoisotopic (exact) mass is 388 g/mol. The molecule has 0 amide bonds. The van der Waals surface area contributed by atoms with Crippen molar-refractivity contribution in [2.75, 3.05) is 13.7 Å². The van der Waals surface area contributed by atoms with Gasteiger partial charge in [0, 0.05) is 5.56 Å². The Bertz CT molecular complexity index is 586. The van der Waals surface area contributed by atoms with Gasteiger partial charge in [0.25, 0.3) is 0 Å². The standard InChI is InChI=1S/C13H17IN4O2/c1-4-6-18-16-13(15-17-18)9-7-10(14)12(19-3)11(8-9)20-5-2/h7-8H,4-6H2,1-3H3. The van der Waals surface area contributed by atoms with Gasteiger partial charge in [0.05, 0.1) is 23.8 Å². The molecule has 0 bridgehead atoms. The van der Waals surface area contributed by atoms with Crippen molar-refractivity contribution in [3.8, 4) is 22.9 Å². The average Bonchev–Trinajstić information content (AvgIpc) is 2.88. The van der Waals surface area contributed by atoms with Crippen LogP contribution in [-0.2, 0) is 6.54 Å². The minimum atomic E-state index is 0.575. The molecule has 0 fully saturated rings. The Kier molecular flexibility index (Phi) is 5.16. The van der Waals surface area contributed by atoms with Crippen LogP contribution in [0.3, 0.4) is 0 Å². The molecule has 0 N–H and O–H groups in total. The van der Waals surface area contributed by atoms with Gasteiger partial charge in [0.15, 0.2) is 11.5 Å². The maximum Gasteiger partial charge on any atom is 0.205 e. The van der Waals surface area contributed by atoms with Crippen LogP contribution in [0.25, 0.3) is 11.4 Å². The van der Waals surface area contributed by atoms with Gasteiger partial charge in [-0.25, -0.2) is 0 Å². The number of tetrazole rings is 1. The quantitative estimate of drug-likeness (QED) is 0.713. The van der Waals surface area contributed by atoms with Gasteiger partial charge in [-0.1, -0.05) is 6.92 Å². The van der Waals surface area contributed by atoms with Gasteiger partial charge in [-0.05, 0) is 53.3 Å². The minimum Gasteiger partial charge on any atom is -0.492 e. The third-order valence-electron chi connectivity index (χ3n) is 2.65. The summed E-state index contributed by atoms with van der Waals surface area (Å²) >= 11 is 2.21. The Labute approximate surface area is 131 Å². The van der Waals surface area contributed by atoms with E-state index in [1.807, 2.05) is 19.1 Å². The molecule has 0 aliphatic rings. The molecule has 0 aliphatic heterocycles. The van der Waals surface area contributed by atoms with Crippen molar-refractivity contribution in [3.05, 3.63) is 15.7 Å². The zero-order valence-corrected chi connectivity index (χ0v) is 13.9. The summed E-state index contributed by atoms with van der Waals surface area (Å²) in [7, 11) is 1.63. The molecule has 2 aromatic rings. The number of hydrogen-bond acceptors (Lipinski definition) is 5. The van der Waals surface area contributed by atoms with Crippen molar-refractivity contribution in [2.24, 2.45) is 0 Å². The number of halogens is 1. The first-order valence-electron chi connectivity index (χ1n) is 6.48. The maximum absolute atomic E-state index is 5.61. The van der Waals surface area contributed by atoms with Crippen molar-refractivity contribution >= 4 is 22.6 Å². The van der Waals surface area contributed by atoms with E-state index in [0.29, 0.717) is 18.2 Å². The first-order valence-corrected chi connectivity index (χ1v) is 7.56. The normalized spacial score (nSPS) is 10.6. The summed E-state index contributed by atoms with van der Waals surface area (Å²) in [5.41, 5.74) is 0.876. The molecule has 108 valence electrons. The number of aryl methyl sites for hydroxylation is 1. The summed E-state index contributed by atoms with van der Waals surface area (Å²) in [6, 6.07) is 3.85. The number of ether oxygens (including phenoxy) is 2. The van der Waals surface area contributed by atoms with Gasteiger partial charge in [-0.15, -0.1) is 10.2 Å². The lowest BCUT2D eigenvalue weighted by molar-refractivity contribution is 0.310. The molecule has 1 heterocycles. The highest BCUT2D eigenvalue weighted by Gasteiger charge is 2.14. The van der Waals surface area contributed by atoms with E-state index in [4.69, 9.17) is 9.47 Å². The number of aromatic nitrogens is 4. The Morgan fingerprint density at radius 3 is 2.75 bits per heavy atom. The Hall–Kier alpha value is -1.38. The first kappa shape index (κ1) is 15.0. The largest absolute Gasteiger partial charge is 0.492 e. The highest BCUT2D eigenvalue weighted by molar-refractivity contribution is 14.1. The van der Waals surface area contributed by atoms with E-state index in [2.05, 4.69) is 44.9 Å². The van der Waals surface area contributed by atoms with Crippen LogP contribution in [0.1, 0.15) is 20.3 Å². The molecular weight excluding hydrogens is 371 g/mol. The summed E-state index contributed by atoms with van der Waals surface area (Å²) in [5.74, 6) is 2.03. The highest BCUT2D eigenvalue weighted by atomic mass is 127. The number of hydrogen-bond donors (Lipinski definition) is 0. The van der Waals surface area contributed by atoms with Gasteiger partial charge in [0.1, 0.15) is 0 Å². The SMILES string of the molecule is CCCn1nnc(-c2cc(I)c(OC)c(OCC)c2)n1. The summed E-state index contributed by atoms with van der Waals surface area (Å²) in [6.07, 6.45) is 0.972. The molecule has 1 aromatic carbocycles. The highest BCUT2D eigenvalue weighted by Crippen LogP contribution is 2.36. The van der Waals surface area contributed by atoms with Crippen LogP contribution in [0.15, 0.2) is 12.1 Å². The third kappa shape index (κ3) is 3.20. The predicted molar refractivity (Wildman–Crippen MR) is 84.0 cm³/mol. The van der Waals surface area contributed by atoms with Crippen LogP contribution in [0.2, 0.25) is 0 Å². The molecule has 0 aliphatic carbocycles. The van der Waals surface area contributed by atoms with Gasteiger partial charge >= 0.3 is 0 Å². The second kappa shape index (κ2) is 6.87. The molecule has 0 saturated heterocycles. The zero-order valence-electron chi connectivity index (χ0n) is 11.8. The van der Waals surface area contributed by atoms with E-state index in [-0.39, 0.29) is 0 Å². The topological polar surface area (TPSA) is 62.1 Å². The Morgan fingerprint density at radius 2 is 2.10 bits per heavy atom. The molecule has 0 saturated carbocycles. The van der Waals surface area contributed by atoms with E-state index in [1.54, 1.807) is 11.9 Å². The second-order valence-electron chi connectivity index (χ2n) is 4.13. The molecule has 6 nitrogen and oxygen atoms in total. The molecule has 7 heteroatoms. The molecule has 0 radical (unpaired) electrons. The molecular formula is C13H17IN4O2. The Balaban J connectivity index is 2.40. The van der Waals surface area contributed by atoms with E-state index in [1.165, 1.54) is 0 Å². The Morgan fingerprint density at radius 1 is 1.30 bits per heavy atom. The number of benzene rings is 1. The van der Waals surface area contributed by atoms with Gasteiger partial charge in [-0.3, -0.25) is 0 Å². The summed E-state index contributed by atoms with van der Waals surface area (Å²) in [6.45, 7) is 5.35. The van der Waals surface area contributed by atoms with E-state index in [0.717, 1.165) is 27.8 Å². The van der Waals surface area contributed by atoms with Crippen LogP contribution in [-0.4, -0.2) is 33.9 Å². The summed E-state index contributed by atoms with van der Waals surface area (Å²) in [5, 5.41) is 12.5. The second-order valence-corrected chi connectivity index (χ2v) is 5.29. The molecule has 0 unspecified atom stereocenters. The van der Waals surface area contributed by atoms with Crippen molar-refractivity contribution in [1.82, 2.24) is 20.2 Å². The van der Waals surface area contributed by atoms with Crippen LogP contribution >= 0.6 is 22.6 Å². The van der Waals surface area contributed by atoms with E-state index < -0.39 is 0 Å². The van der Waals surface area contributed by atoms with Gasteiger partial charge < -0.3 is 9.47 Å². The molecule has 1 aromatic heterocycles. The van der Waals surface area contributed by atoms with Crippen molar-refractivity contribution in [2.45, 2.75) is 26.8 Å². The van der Waals surface area contributed by atoms with Crippen LogP contribution < -0.4 is 9.47 Å².